The van der Waals surface area contributed by atoms with E-state index in [1.807, 2.05) is 13.0 Å². The fourth-order valence-electron chi connectivity index (χ4n) is 14.8. The van der Waals surface area contributed by atoms with Crippen LogP contribution < -0.4 is 0 Å². The highest BCUT2D eigenvalue weighted by Gasteiger charge is 2.71. The van der Waals surface area contributed by atoms with Crippen LogP contribution in [0, 0.1) is 50.2 Å². The van der Waals surface area contributed by atoms with Crippen LogP contribution >= 0.6 is 0 Å². The summed E-state index contributed by atoms with van der Waals surface area (Å²) in [5.41, 5.74) is -1.61. The summed E-state index contributed by atoms with van der Waals surface area (Å²) in [5.74, 6) is -1.53. The molecule has 7 fully saturated rings. The van der Waals surface area contributed by atoms with Crippen LogP contribution in [0.5, 0.6) is 0 Å². The monoisotopic (exact) mass is 941 g/mol. The Morgan fingerprint density at radius 2 is 1.39 bits per heavy atom. The van der Waals surface area contributed by atoms with E-state index in [1.54, 1.807) is 0 Å². The first-order valence-corrected chi connectivity index (χ1v) is 24.0. The van der Waals surface area contributed by atoms with Crippen molar-refractivity contribution in [2.75, 3.05) is 20.3 Å². The first-order valence-electron chi connectivity index (χ1n) is 24.0. The number of rotatable bonds is 8. The molecular formula is C48H76O18. The lowest BCUT2D eigenvalue weighted by atomic mass is 9.33. The zero-order valence-corrected chi connectivity index (χ0v) is 39.8. The van der Waals surface area contributed by atoms with Gasteiger partial charge in [-0.15, -0.1) is 0 Å². The lowest BCUT2D eigenvalue weighted by Crippen LogP contribution is -2.69. The maximum absolute atomic E-state index is 15.0. The zero-order chi connectivity index (χ0) is 48.4. The zero-order valence-electron chi connectivity index (χ0n) is 39.8. The minimum Gasteiger partial charge on any atom is -0.467 e. The Hall–Kier alpha value is -1.72. The number of fused-ring (bicyclic) bond motifs is 7. The molecule has 18 heteroatoms. The van der Waals surface area contributed by atoms with Gasteiger partial charge in [0, 0.05) is 16.7 Å². The first kappa shape index (κ1) is 50.7. The molecule has 9 N–H and O–H groups in total. The fourth-order valence-corrected chi connectivity index (χ4v) is 14.8. The number of hydrogen-bond donors (Lipinski definition) is 9. The van der Waals surface area contributed by atoms with Crippen LogP contribution in [0.25, 0.3) is 0 Å². The van der Waals surface area contributed by atoms with Crippen LogP contribution in [0.3, 0.4) is 0 Å². The molecule has 5 aliphatic carbocycles. The molecular weight excluding hydrogens is 865 g/mol. The molecule has 0 bridgehead atoms. The summed E-state index contributed by atoms with van der Waals surface area (Å²) >= 11 is 0. The van der Waals surface area contributed by atoms with Crippen LogP contribution in [-0.4, -0.2) is 176 Å². The van der Waals surface area contributed by atoms with Crippen molar-refractivity contribution in [2.24, 2.45) is 50.2 Å². The van der Waals surface area contributed by atoms with Crippen molar-refractivity contribution in [3.8, 4) is 0 Å². The standard InChI is InChI=1S/C48H76O18/c1-21-29(53)31(55)34(58)40(62-21)65-36-30(54)25(51)19-61-41(36)66-37-33(57)32(56)35(39(59)60-9)64-42(37)63-28-11-12-45(5)26(46(28,6)20-49)10-13-48(8)38(45)24(50)16-22-23-17-43(2,3)18-27(52)44(23,4)14-15-47(22,48)7/h16,21,23,25-38,40-42,49,51-58H,10-15,17-20H2,1-9H3. The van der Waals surface area contributed by atoms with Gasteiger partial charge in [0.15, 0.2) is 30.8 Å². The highest BCUT2D eigenvalue weighted by atomic mass is 16.8. The summed E-state index contributed by atoms with van der Waals surface area (Å²) in [7, 11) is 1.09. The molecule has 3 saturated heterocycles. The number of esters is 1. The molecule has 24 atom stereocenters. The molecule has 376 valence electrons. The van der Waals surface area contributed by atoms with E-state index >= 15 is 4.79 Å². The SMILES string of the molecule is COC(=O)C1OC(OC2CCC3(C)C(CCC4(C)C3C(=O)C=C3C5CC(C)(C)CC(O)C5(C)CCC34C)C2(C)CO)C(OC2OCC(O)C(O)C2OC2OC(C)C(O)C(O)C2O)C(O)C1O. The Morgan fingerprint density at radius 3 is 2.06 bits per heavy atom. The van der Waals surface area contributed by atoms with E-state index < -0.39 is 127 Å². The van der Waals surface area contributed by atoms with Crippen molar-refractivity contribution < 1.29 is 88.7 Å². The van der Waals surface area contributed by atoms with E-state index in [-0.39, 0.29) is 46.4 Å². The second-order valence-electron chi connectivity index (χ2n) is 23.3. The van der Waals surface area contributed by atoms with Gasteiger partial charge in [-0.05, 0) is 97.9 Å². The maximum Gasteiger partial charge on any atom is 0.337 e. The van der Waals surface area contributed by atoms with Crippen LogP contribution in [0.1, 0.15) is 107 Å². The van der Waals surface area contributed by atoms with E-state index in [1.165, 1.54) is 12.5 Å². The summed E-state index contributed by atoms with van der Waals surface area (Å²) in [6, 6.07) is 0. The van der Waals surface area contributed by atoms with E-state index in [4.69, 9.17) is 33.2 Å². The number of methoxy groups -OCH3 is 1. The van der Waals surface area contributed by atoms with Crippen molar-refractivity contribution >= 4 is 11.8 Å². The third-order valence-corrected chi connectivity index (χ3v) is 19.0. The number of carbonyl (C=O) groups excluding carboxylic acids is 2. The Bertz CT molecular complexity index is 1860. The average Bonchev–Trinajstić information content (AvgIpc) is 3.25. The van der Waals surface area contributed by atoms with Crippen LogP contribution in [0.4, 0.5) is 0 Å². The molecule has 8 rings (SSSR count). The van der Waals surface area contributed by atoms with Gasteiger partial charge in [-0.2, -0.15) is 0 Å². The molecule has 0 spiro atoms. The lowest BCUT2D eigenvalue weighted by Gasteiger charge is -2.71. The van der Waals surface area contributed by atoms with Crippen molar-refractivity contribution in [1.29, 1.82) is 0 Å². The molecule has 3 aliphatic heterocycles. The third kappa shape index (κ3) is 7.70. The van der Waals surface area contributed by atoms with Crippen LogP contribution in [0.2, 0.25) is 0 Å². The fraction of sp³-hybridized carbons (Fsp3) is 0.917. The van der Waals surface area contributed by atoms with Crippen molar-refractivity contribution in [3.05, 3.63) is 11.6 Å². The number of aliphatic hydroxyl groups is 9. The molecule has 0 aromatic carbocycles. The minimum absolute atomic E-state index is 0.0643. The second kappa shape index (κ2) is 17.5. The summed E-state index contributed by atoms with van der Waals surface area (Å²) < 4.78 is 41.3. The Kier molecular flexibility index (Phi) is 13.5. The molecule has 66 heavy (non-hydrogen) atoms. The largest absolute Gasteiger partial charge is 0.467 e. The number of hydrogen-bond acceptors (Lipinski definition) is 18. The smallest absolute Gasteiger partial charge is 0.337 e. The summed E-state index contributed by atoms with van der Waals surface area (Å²) in [6.45, 7) is 15.9. The van der Waals surface area contributed by atoms with Gasteiger partial charge in [-0.1, -0.05) is 54.0 Å². The van der Waals surface area contributed by atoms with Gasteiger partial charge in [-0.25, -0.2) is 4.79 Å². The lowest BCUT2D eigenvalue weighted by molar-refractivity contribution is -0.387. The summed E-state index contributed by atoms with van der Waals surface area (Å²) in [4.78, 5) is 28.0. The topological polar surface area (TPSA) is 281 Å². The second-order valence-corrected chi connectivity index (χ2v) is 23.3. The highest BCUT2D eigenvalue weighted by Crippen LogP contribution is 2.75. The van der Waals surface area contributed by atoms with Gasteiger partial charge in [-0.3, -0.25) is 4.79 Å². The number of ketones is 1. The van der Waals surface area contributed by atoms with Gasteiger partial charge < -0.3 is 79.1 Å². The molecule has 0 amide bonds. The summed E-state index contributed by atoms with van der Waals surface area (Å²) in [6.07, 6.45) is -17.1. The normalized spacial score (nSPS) is 54.8. The van der Waals surface area contributed by atoms with E-state index in [9.17, 15) is 50.8 Å². The quantitative estimate of drug-likeness (QED) is 0.119. The van der Waals surface area contributed by atoms with Crippen LogP contribution in [-0.2, 0) is 42.7 Å². The molecule has 4 saturated carbocycles. The Balaban J connectivity index is 1.08. The highest BCUT2D eigenvalue weighted by molar-refractivity contribution is 5.95. The first-order chi connectivity index (χ1) is 30.7. The molecule has 0 radical (unpaired) electrons. The van der Waals surface area contributed by atoms with Crippen LogP contribution in [0.15, 0.2) is 11.6 Å². The Labute approximate surface area is 386 Å². The van der Waals surface area contributed by atoms with Gasteiger partial charge in [0.25, 0.3) is 0 Å². The molecule has 18 nitrogen and oxygen atoms in total. The van der Waals surface area contributed by atoms with Crippen molar-refractivity contribution in [2.45, 2.75) is 205 Å². The van der Waals surface area contributed by atoms with Gasteiger partial charge in [0.1, 0.15) is 54.9 Å². The molecule has 24 unspecified atom stereocenters. The van der Waals surface area contributed by atoms with Crippen molar-refractivity contribution in [3.63, 3.8) is 0 Å². The number of allylic oxidation sites excluding steroid dienone is 2. The third-order valence-electron chi connectivity index (χ3n) is 19.0. The molecule has 3 heterocycles. The minimum atomic E-state index is -1.92. The van der Waals surface area contributed by atoms with E-state index in [0.29, 0.717) is 25.7 Å². The summed E-state index contributed by atoms with van der Waals surface area (Å²) in [5, 5.41) is 99.3. The maximum atomic E-state index is 15.0. The molecule has 0 aromatic rings. The molecule has 8 aliphatic rings. The Morgan fingerprint density at radius 1 is 0.727 bits per heavy atom. The van der Waals surface area contributed by atoms with E-state index in [0.717, 1.165) is 32.8 Å². The molecule has 0 aromatic heterocycles. The average molecular weight is 941 g/mol. The van der Waals surface area contributed by atoms with Gasteiger partial charge >= 0.3 is 5.97 Å². The van der Waals surface area contributed by atoms with Crippen molar-refractivity contribution in [1.82, 2.24) is 0 Å². The predicted octanol–water partition coefficient (Wildman–Crippen LogP) is 0.611. The predicted molar refractivity (Wildman–Crippen MR) is 229 cm³/mol. The number of carbonyl (C=O) groups is 2. The van der Waals surface area contributed by atoms with Gasteiger partial charge in [0.2, 0.25) is 0 Å². The van der Waals surface area contributed by atoms with E-state index in [2.05, 4.69) is 41.5 Å². The number of aliphatic hydroxyl groups excluding tert-OH is 9. The van der Waals surface area contributed by atoms with Gasteiger partial charge in [0.05, 0.1) is 38.6 Å². The number of ether oxygens (including phenoxy) is 7.